The molecule has 1 saturated heterocycles. The van der Waals surface area contributed by atoms with E-state index in [4.69, 9.17) is 0 Å². The molecule has 0 aromatic heterocycles. The lowest BCUT2D eigenvalue weighted by Crippen LogP contribution is -2.81. The van der Waals surface area contributed by atoms with Crippen molar-refractivity contribution in [2.45, 2.75) is 43.6 Å². The number of hydrogen-bond donors (Lipinski definition) is 3. The summed E-state index contributed by atoms with van der Waals surface area (Å²) in [5, 5.41) is 22.0. The number of benzene rings is 1. The van der Waals surface area contributed by atoms with Gasteiger partial charge in [-0.3, -0.25) is 9.59 Å². The molecule has 0 aliphatic carbocycles. The largest absolute Gasteiger partial charge is 0.466 e. The van der Waals surface area contributed by atoms with Crippen molar-refractivity contribution in [2.75, 3.05) is 32.2 Å². The lowest BCUT2D eigenvalue weighted by atomic mass is 9.64. The van der Waals surface area contributed by atoms with Gasteiger partial charge in [-0.25, -0.2) is 5.32 Å². The van der Waals surface area contributed by atoms with Gasteiger partial charge < -0.3 is 24.6 Å². The fourth-order valence-corrected chi connectivity index (χ4v) is 4.13. The molecule has 1 aliphatic rings. The van der Waals surface area contributed by atoms with E-state index >= 15 is 0 Å². The summed E-state index contributed by atoms with van der Waals surface area (Å²) in [6.07, 6.45) is -11.9. The van der Waals surface area contributed by atoms with Gasteiger partial charge in [0, 0.05) is 25.7 Å². The van der Waals surface area contributed by atoms with Crippen LogP contribution in [0, 0.1) is 11.8 Å². The zero-order valence-corrected chi connectivity index (χ0v) is 19.2. The van der Waals surface area contributed by atoms with Crippen LogP contribution in [-0.2, 0) is 19.1 Å². The van der Waals surface area contributed by atoms with Gasteiger partial charge in [-0.05, 0) is 31.5 Å². The van der Waals surface area contributed by atoms with E-state index in [1.54, 1.807) is 19.0 Å². The number of alkyl halides is 6. The van der Waals surface area contributed by atoms with Crippen LogP contribution >= 0.6 is 0 Å². The highest BCUT2D eigenvalue weighted by Crippen LogP contribution is 2.55. The monoisotopic (exact) mass is 516 g/mol. The Morgan fingerprint density at radius 1 is 0.886 bits per heavy atom. The number of hydrogen-bond acceptors (Lipinski definition) is 8. The smallest absolute Gasteiger partial charge is 0.432 e. The second kappa shape index (κ2) is 9.82. The molecular formula is C21H26F6N2O6. The van der Waals surface area contributed by atoms with E-state index in [2.05, 4.69) is 9.47 Å². The first-order valence-corrected chi connectivity index (χ1v) is 10.4. The normalized spacial score (nSPS) is 29.4. The highest BCUT2D eigenvalue weighted by Gasteiger charge is 2.78. The number of carbonyl (C=O) groups is 2. The molecule has 0 radical (unpaired) electrons. The molecule has 3 N–H and O–H groups in total. The Hall–Kier alpha value is -2.58. The predicted octanol–water partition coefficient (Wildman–Crippen LogP) is 2.30. The number of nitrogens with zero attached hydrogens (tertiary/aromatic N) is 1. The summed E-state index contributed by atoms with van der Waals surface area (Å²) >= 11 is 0. The van der Waals surface area contributed by atoms with Gasteiger partial charge in [-0.1, -0.05) is 12.1 Å². The minimum absolute atomic E-state index is 0.376. The number of halogens is 6. The average molecular weight is 516 g/mol. The maximum absolute atomic E-state index is 14.1. The number of ether oxygens (including phenoxy) is 2. The van der Waals surface area contributed by atoms with E-state index in [-0.39, 0.29) is 5.56 Å². The molecule has 1 fully saturated rings. The number of nitrogens with one attached hydrogen (secondary N) is 1. The SMILES string of the molecule is CCOC(=O)[C@H]1C(c2ccc(N(C)C)cc2)[C@H](C(=O)OCC)[C@](O)(C(F)(F)F)N[C@]1(O)C(F)(F)F. The van der Waals surface area contributed by atoms with Gasteiger partial charge in [-0.2, -0.15) is 26.3 Å². The number of aliphatic hydroxyl groups is 2. The van der Waals surface area contributed by atoms with Crippen molar-refractivity contribution < 1.29 is 55.6 Å². The highest BCUT2D eigenvalue weighted by molar-refractivity contribution is 5.81. The maximum atomic E-state index is 14.1. The summed E-state index contributed by atoms with van der Waals surface area (Å²) in [7, 11) is 3.24. The Bertz CT molecular complexity index is 874. The van der Waals surface area contributed by atoms with Crippen molar-refractivity contribution in [3.8, 4) is 0 Å². The lowest BCUT2D eigenvalue weighted by molar-refractivity contribution is -0.376. The summed E-state index contributed by atoms with van der Waals surface area (Å²) in [5.41, 5.74) is -9.17. The van der Waals surface area contributed by atoms with Crippen molar-refractivity contribution >= 4 is 17.6 Å². The van der Waals surface area contributed by atoms with Gasteiger partial charge in [0.25, 0.3) is 0 Å². The van der Waals surface area contributed by atoms with Crippen LogP contribution in [-0.4, -0.2) is 73.3 Å². The van der Waals surface area contributed by atoms with E-state index in [1.807, 2.05) is 0 Å². The Kier molecular flexibility index (Phi) is 8.04. The topological polar surface area (TPSA) is 108 Å². The third-order valence-electron chi connectivity index (χ3n) is 5.74. The molecule has 1 aromatic rings. The van der Waals surface area contributed by atoms with Crippen molar-refractivity contribution in [3.63, 3.8) is 0 Å². The summed E-state index contributed by atoms with van der Waals surface area (Å²) in [6, 6.07) is 4.83. The Morgan fingerprint density at radius 3 is 1.54 bits per heavy atom. The average Bonchev–Trinajstić information content (AvgIpc) is 2.71. The molecule has 1 aliphatic heterocycles. The fourth-order valence-electron chi connectivity index (χ4n) is 4.13. The second-order valence-corrected chi connectivity index (χ2v) is 8.12. The van der Waals surface area contributed by atoms with Crippen LogP contribution in [0.3, 0.4) is 0 Å². The van der Waals surface area contributed by atoms with Crippen LogP contribution < -0.4 is 10.2 Å². The van der Waals surface area contributed by atoms with Crippen LogP contribution in [0.25, 0.3) is 0 Å². The van der Waals surface area contributed by atoms with Crippen molar-refractivity contribution in [2.24, 2.45) is 11.8 Å². The van der Waals surface area contributed by atoms with Gasteiger partial charge in [0.1, 0.15) is 11.8 Å². The molecule has 8 nitrogen and oxygen atoms in total. The van der Waals surface area contributed by atoms with Crippen molar-refractivity contribution in [3.05, 3.63) is 29.8 Å². The molecule has 1 unspecified atom stereocenters. The van der Waals surface area contributed by atoms with Crippen molar-refractivity contribution in [1.82, 2.24) is 5.32 Å². The minimum atomic E-state index is -5.93. The molecule has 35 heavy (non-hydrogen) atoms. The summed E-state index contributed by atoms with van der Waals surface area (Å²) < 4.78 is 94.1. The summed E-state index contributed by atoms with van der Waals surface area (Å²) in [4.78, 5) is 27.1. The third kappa shape index (κ3) is 5.05. The number of rotatable bonds is 6. The molecule has 0 spiro atoms. The quantitative estimate of drug-likeness (QED) is 0.391. The number of anilines is 1. The standard InChI is InChI=1S/C21H26F6N2O6/c1-5-34-16(30)14-13(11-7-9-12(10-8-11)29(3)4)15(17(31)35-6-2)19(33,21(25,26)27)28-18(14,32)20(22,23)24/h7-10,13-15,28,32-33H,5-6H2,1-4H3/t13?,14-,15-,18-,19+/m1/s1. The Balaban J connectivity index is 2.96. The molecule has 14 heteroatoms. The molecule has 2 rings (SSSR count). The lowest BCUT2D eigenvalue weighted by Gasteiger charge is -2.54. The van der Waals surface area contributed by atoms with E-state index in [1.165, 1.54) is 26.0 Å². The highest BCUT2D eigenvalue weighted by atomic mass is 19.4. The number of piperidine rings is 1. The van der Waals surface area contributed by atoms with Gasteiger partial charge >= 0.3 is 24.3 Å². The van der Waals surface area contributed by atoms with E-state index < -0.39 is 66.7 Å². The number of esters is 2. The first-order chi connectivity index (χ1) is 16.0. The first kappa shape index (κ1) is 28.7. The minimum Gasteiger partial charge on any atom is -0.466 e. The zero-order valence-electron chi connectivity index (χ0n) is 19.2. The van der Waals surface area contributed by atoms with Gasteiger partial charge in [0.15, 0.2) is 0 Å². The van der Waals surface area contributed by atoms with E-state index in [9.17, 15) is 46.1 Å². The first-order valence-electron chi connectivity index (χ1n) is 10.4. The second-order valence-electron chi connectivity index (χ2n) is 8.12. The summed E-state index contributed by atoms with van der Waals surface area (Å²) in [5.74, 6) is -11.5. The Morgan fingerprint density at radius 2 is 1.26 bits per heavy atom. The molecule has 0 bridgehead atoms. The molecule has 1 heterocycles. The zero-order chi connectivity index (χ0) is 27.0. The number of carbonyl (C=O) groups excluding carboxylic acids is 2. The van der Waals surface area contributed by atoms with Crippen LogP contribution in [0.4, 0.5) is 32.0 Å². The molecule has 5 atom stereocenters. The fraction of sp³-hybridized carbons (Fsp3) is 0.619. The van der Waals surface area contributed by atoms with E-state index in [0.29, 0.717) is 5.69 Å². The van der Waals surface area contributed by atoms with E-state index in [0.717, 1.165) is 17.4 Å². The van der Waals surface area contributed by atoms with Crippen LogP contribution in [0.5, 0.6) is 0 Å². The van der Waals surface area contributed by atoms with Gasteiger partial charge in [0.2, 0.25) is 11.4 Å². The molecular weight excluding hydrogens is 490 g/mol. The van der Waals surface area contributed by atoms with Crippen LogP contribution in [0.15, 0.2) is 24.3 Å². The molecule has 1 aromatic carbocycles. The van der Waals surface area contributed by atoms with Gasteiger partial charge in [0.05, 0.1) is 13.2 Å². The third-order valence-corrected chi connectivity index (χ3v) is 5.74. The summed E-state index contributed by atoms with van der Waals surface area (Å²) in [6.45, 7) is 1.50. The van der Waals surface area contributed by atoms with Crippen LogP contribution in [0.1, 0.15) is 25.3 Å². The molecule has 0 amide bonds. The molecule has 0 saturated carbocycles. The van der Waals surface area contributed by atoms with Crippen LogP contribution in [0.2, 0.25) is 0 Å². The maximum Gasteiger partial charge on any atom is 0.432 e. The predicted molar refractivity (Wildman–Crippen MR) is 109 cm³/mol. The molecule has 198 valence electrons. The van der Waals surface area contributed by atoms with Gasteiger partial charge in [-0.15, -0.1) is 0 Å². The Labute approximate surface area is 196 Å². The van der Waals surface area contributed by atoms with Crippen molar-refractivity contribution in [1.29, 1.82) is 0 Å².